The molecule has 0 saturated carbocycles. The second-order valence-electron chi connectivity index (χ2n) is 13.8. The zero-order chi connectivity index (χ0) is 34.6. The molecule has 0 spiro atoms. The summed E-state index contributed by atoms with van der Waals surface area (Å²) in [7, 11) is 0. The largest absolute Gasteiger partial charge is 0.456 e. The molecule has 53 heavy (non-hydrogen) atoms. The van der Waals surface area contributed by atoms with Gasteiger partial charge in [-0.2, -0.15) is 0 Å². The van der Waals surface area contributed by atoms with Crippen LogP contribution in [-0.4, -0.2) is 14.5 Å². The average molecular weight is 678 g/mol. The molecule has 4 aromatic heterocycles. The number of furan rings is 1. The summed E-state index contributed by atoms with van der Waals surface area (Å²) in [6, 6.07) is 55.5. The smallest absolute Gasteiger partial charge is 0.229 e. The fraction of sp³-hybridized carbons (Fsp3) is 0. The summed E-state index contributed by atoms with van der Waals surface area (Å²) >= 11 is 0. The fourth-order valence-electron chi connectivity index (χ4n) is 8.38. The van der Waals surface area contributed by atoms with Crippen LogP contribution in [0.15, 0.2) is 168 Å². The summed E-state index contributed by atoms with van der Waals surface area (Å²) in [4.78, 5) is 10.0. The lowest BCUT2D eigenvalue weighted by molar-refractivity contribution is 0.469. The van der Waals surface area contributed by atoms with Crippen LogP contribution in [-0.2, 0) is 0 Å². The van der Waals surface area contributed by atoms with Gasteiger partial charge >= 0.3 is 0 Å². The zero-order valence-electron chi connectivity index (χ0n) is 28.2. The van der Waals surface area contributed by atoms with E-state index in [-0.39, 0.29) is 0 Å². The number of pyridine rings is 2. The molecule has 5 heterocycles. The van der Waals surface area contributed by atoms with Crippen molar-refractivity contribution in [3.05, 3.63) is 164 Å². The Morgan fingerprint density at radius 2 is 1.19 bits per heavy atom. The van der Waals surface area contributed by atoms with Crippen LogP contribution in [0, 0.1) is 0 Å². The van der Waals surface area contributed by atoms with Crippen molar-refractivity contribution in [1.82, 2.24) is 14.5 Å². The van der Waals surface area contributed by atoms with Gasteiger partial charge in [-0.15, -0.1) is 0 Å². The van der Waals surface area contributed by atoms with Crippen LogP contribution in [0.4, 0.5) is 0 Å². The molecule has 0 amide bonds. The minimum absolute atomic E-state index is 0.578. The van der Waals surface area contributed by atoms with Gasteiger partial charge in [-0.05, 0) is 89.0 Å². The first-order chi connectivity index (χ1) is 26.2. The van der Waals surface area contributed by atoms with Crippen molar-refractivity contribution in [2.45, 2.75) is 0 Å². The summed E-state index contributed by atoms with van der Waals surface area (Å²) in [5.41, 5.74) is 12.4. The van der Waals surface area contributed by atoms with Gasteiger partial charge in [-0.25, -0.2) is 4.98 Å². The third-order valence-corrected chi connectivity index (χ3v) is 10.8. The Bertz CT molecular complexity index is 3320. The molecule has 12 rings (SSSR count). The predicted molar refractivity (Wildman–Crippen MR) is 215 cm³/mol. The first kappa shape index (κ1) is 28.5. The molecular weight excluding hydrogens is 651 g/mol. The van der Waals surface area contributed by atoms with Crippen molar-refractivity contribution in [3.8, 4) is 50.8 Å². The van der Waals surface area contributed by atoms with Crippen LogP contribution in [0.3, 0.4) is 0 Å². The van der Waals surface area contributed by atoms with Crippen molar-refractivity contribution in [2.75, 3.05) is 0 Å². The first-order valence-electron chi connectivity index (χ1n) is 17.8. The lowest BCUT2D eigenvalue weighted by Gasteiger charge is -2.22. The Kier molecular flexibility index (Phi) is 5.71. The summed E-state index contributed by atoms with van der Waals surface area (Å²) in [5.74, 6) is 1.32. The molecule has 11 aromatic rings. The normalized spacial score (nSPS) is 12.3. The van der Waals surface area contributed by atoms with E-state index in [1.807, 2.05) is 18.3 Å². The SMILES string of the molecule is c1ccc(-c2ccc3c(c2)c2ccccc2n3-c2ccc3c(c2)Oc2nc4ccc(-c5ccc6oc7ccccc7c6c5)cc4c4ccnc-3c24)cc1. The first-order valence-corrected chi connectivity index (χ1v) is 17.8. The number of ether oxygens (including phenoxy) is 1. The Labute approximate surface area is 303 Å². The summed E-state index contributed by atoms with van der Waals surface area (Å²) < 4.78 is 15.1. The lowest BCUT2D eigenvalue weighted by Crippen LogP contribution is -2.03. The highest BCUT2D eigenvalue weighted by Gasteiger charge is 2.25. The topological polar surface area (TPSA) is 53.1 Å². The van der Waals surface area contributed by atoms with Gasteiger partial charge < -0.3 is 13.7 Å². The molecule has 0 atom stereocenters. The Hall–Kier alpha value is -7.24. The van der Waals surface area contributed by atoms with Gasteiger partial charge in [-0.3, -0.25) is 4.98 Å². The highest BCUT2D eigenvalue weighted by Crippen LogP contribution is 2.48. The van der Waals surface area contributed by atoms with E-state index in [1.54, 1.807) is 0 Å². The average Bonchev–Trinajstić information content (AvgIpc) is 3.76. The van der Waals surface area contributed by atoms with E-state index in [1.165, 1.54) is 21.9 Å². The van der Waals surface area contributed by atoms with Crippen LogP contribution in [0.25, 0.3) is 105 Å². The fourth-order valence-corrected chi connectivity index (χ4v) is 8.38. The van der Waals surface area contributed by atoms with Crippen LogP contribution in [0.5, 0.6) is 11.6 Å². The van der Waals surface area contributed by atoms with E-state index in [0.717, 1.165) is 88.5 Å². The van der Waals surface area contributed by atoms with Crippen molar-refractivity contribution in [1.29, 1.82) is 0 Å². The van der Waals surface area contributed by atoms with Crippen molar-refractivity contribution in [3.63, 3.8) is 0 Å². The third kappa shape index (κ3) is 4.13. The number of aromatic nitrogens is 3. The summed E-state index contributed by atoms with van der Waals surface area (Å²) in [5, 5.41) is 7.71. The minimum atomic E-state index is 0.578. The molecule has 0 unspecified atom stereocenters. The predicted octanol–water partition coefficient (Wildman–Crippen LogP) is 12.9. The minimum Gasteiger partial charge on any atom is -0.456 e. The van der Waals surface area contributed by atoms with E-state index in [4.69, 9.17) is 19.1 Å². The molecule has 1 aliphatic heterocycles. The van der Waals surface area contributed by atoms with Gasteiger partial charge in [0.1, 0.15) is 16.9 Å². The molecule has 0 saturated heterocycles. The van der Waals surface area contributed by atoms with Gasteiger partial charge in [0.15, 0.2) is 0 Å². The lowest BCUT2D eigenvalue weighted by atomic mass is 9.96. The van der Waals surface area contributed by atoms with E-state index in [2.05, 4.69) is 150 Å². The standard InChI is InChI=1S/C48H27N3O2/c1-2-8-28(9-3-1)29-15-20-42-38(25-29)33-10-4-6-12-41(33)51(42)32-17-18-36-45(27-32)53-48-46-35(22-23-49-47(36)46)37-24-30(14-19-40(37)50-48)31-16-21-44-39(26-31)34-11-5-7-13-43(34)52-44/h1-27H. The van der Waals surface area contributed by atoms with E-state index in [0.29, 0.717) is 5.88 Å². The number of fused-ring (bicyclic) bond motifs is 10. The number of para-hydroxylation sites is 2. The van der Waals surface area contributed by atoms with Gasteiger partial charge in [0, 0.05) is 55.8 Å². The number of nitrogens with zero attached hydrogens (tertiary/aromatic N) is 3. The van der Waals surface area contributed by atoms with Gasteiger partial charge in [0.25, 0.3) is 0 Å². The van der Waals surface area contributed by atoms with Gasteiger partial charge in [0.2, 0.25) is 5.88 Å². The molecule has 246 valence electrons. The van der Waals surface area contributed by atoms with E-state index >= 15 is 0 Å². The maximum absolute atomic E-state index is 6.72. The Morgan fingerprint density at radius 1 is 0.472 bits per heavy atom. The maximum Gasteiger partial charge on any atom is 0.229 e. The molecule has 0 aliphatic carbocycles. The number of benzene rings is 7. The highest BCUT2D eigenvalue weighted by atomic mass is 16.5. The molecule has 0 bridgehead atoms. The molecule has 0 fully saturated rings. The van der Waals surface area contributed by atoms with Crippen LogP contribution < -0.4 is 4.74 Å². The van der Waals surface area contributed by atoms with Crippen LogP contribution >= 0.6 is 0 Å². The molecule has 5 heteroatoms. The summed E-state index contributed by atoms with van der Waals surface area (Å²) in [6.45, 7) is 0. The molecule has 0 radical (unpaired) electrons. The number of rotatable bonds is 3. The molecule has 0 N–H and O–H groups in total. The van der Waals surface area contributed by atoms with E-state index < -0.39 is 0 Å². The second kappa shape index (κ2) is 10.6. The molecule has 1 aliphatic rings. The Morgan fingerprint density at radius 3 is 2.11 bits per heavy atom. The molecule has 5 nitrogen and oxygen atoms in total. The van der Waals surface area contributed by atoms with Crippen molar-refractivity contribution >= 4 is 65.4 Å². The quantitative estimate of drug-likeness (QED) is 0.175. The van der Waals surface area contributed by atoms with Crippen molar-refractivity contribution < 1.29 is 9.15 Å². The third-order valence-electron chi connectivity index (χ3n) is 10.8. The number of hydrogen-bond donors (Lipinski definition) is 0. The van der Waals surface area contributed by atoms with Crippen molar-refractivity contribution in [2.24, 2.45) is 0 Å². The molecular formula is C48H27N3O2. The maximum atomic E-state index is 6.72. The monoisotopic (exact) mass is 677 g/mol. The second-order valence-corrected chi connectivity index (χ2v) is 13.8. The Balaban J connectivity index is 0.996. The van der Waals surface area contributed by atoms with Gasteiger partial charge in [0.05, 0.1) is 27.6 Å². The highest BCUT2D eigenvalue weighted by molar-refractivity contribution is 6.15. The molecule has 7 aromatic carbocycles. The van der Waals surface area contributed by atoms with Gasteiger partial charge in [-0.1, -0.05) is 84.9 Å². The zero-order valence-corrected chi connectivity index (χ0v) is 28.2. The van der Waals surface area contributed by atoms with E-state index in [9.17, 15) is 0 Å². The number of hydrogen-bond acceptors (Lipinski definition) is 4. The van der Waals surface area contributed by atoms with Crippen LogP contribution in [0.2, 0.25) is 0 Å². The summed E-state index contributed by atoms with van der Waals surface area (Å²) in [6.07, 6.45) is 1.90. The van der Waals surface area contributed by atoms with Crippen LogP contribution in [0.1, 0.15) is 0 Å².